The van der Waals surface area contributed by atoms with Crippen LogP contribution in [0.25, 0.3) is 11.0 Å². The first-order valence-corrected chi connectivity index (χ1v) is 11.6. The van der Waals surface area contributed by atoms with Gasteiger partial charge in [-0.05, 0) is 56.5 Å². The summed E-state index contributed by atoms with van der Waals surface area (Å²) in [6.07, 6.45) is 3.61. The number of nitrogens with one attached hydrogen (secondary N) is 1. The summed E-state index contributed by atoms with van der Waals surface area (Å²) in [5.74, 6) is 0.612. The van der Waals surface area contributed by atoms with E-state index in [2.05, 4.69) is 55.3 Å². The molecule has 0 unspecified atom stereocenters. The van der Waals surface area contributed by atoms with Crippen LogP contribution in [0.4, 0.5) is 5.69 Å². The molecule has 0 aliphatic carbocycles. The molecule has 0 spiro atoms. The molecule has 0 radical (unpaired) electrons. The van der Waals surface area contributed by atoms with E-state index in [1.165, 1.54) is 11.3 Å². The molecule has 186 valence electrons. The maximum absolute atomic E-state index is 8.75. The van der Waals surface area contributed by atoms with Crippen LogP contribution in [-0.2, 0) is 0 Å². The summed E-state index contributed by atoms with van der Waals surface area (Å²) in [5, 5.41) is 27.7. The maximum Gasteiger partial charge on any atom is 0.133 e. The zero-order chi connectivity index (χ0) is 24.9. The van der Waals surface area contributed by atoms with Crippen LogP contribution < -0.4 is 10.2 Å². The van der Waals surface area contributed by atoms with Crippen molar-refractivity contribution in [1.82, 2.24) is 5.32 Å². The number of aliphatic hydroxyl groups excluding tert-OH is 3. The first kappa shape index (κ1) is 30.6. The fraction of sp³-hybridized carbons (Fsp3) is 0.481. The van der Waals surface area contributed by atoms with Crippen molar-refractivity contribution in [2.75, 3.05) is 45.0 Å². The van der Waals surface area contributed by atoms with E-state index in [9.17, 15) is 0 Å². The Hall–Kier alpha value is -2.38. The quantitative estimate of drug-likeness (QED) is 0.271. The fourth-order valence-electron chi connectivity index (χ4n) is 2.93. The fourth-order valence-corrected chi connectivity index (χ4v) is 2.93. The Bertz CT molecular complexity index is 804. The Kier molecular flexibility index (Phi) is 18.8. The van der Waals surface area contributed by atoms with Crippen LogP contribution in [0.5, 0.6) is 0 Å². The van der Waals surface area contributed by atoms with Crippen molar-refractivity contribution in [2.24, 2.45) is 5.92 Å². The van der Waals surface area contributed by atoms with Crippen molar-refractivity contribution >= 4 is 16.7 Å². The highest BCUT2D eigenvalue weighted by Crippen LogP contribution is 2.23. The highest BCUT2D eigenvalue weighted by molar-refractivity contribution is 5.81. The van der Waals surface area contributed by atoms with Gasteiger partial charge in [-0.15, -0.1) is 0 Å². The molecule has 0 atom stereocenters. The van der Waals surface area contributed by atoms with Gasteiger partial charge in [0.2, 0.25) is 0 Å². The average molecular weight is 461 g/mol. The van der Waals surface area contributed by atoms with Crippen LogP contribution in [0.2, 0.25) is 0 Å². The lowest BCUT2D eigenvalue weighted by Gasteiger charge is -2.27. The summed E-state index contributed by atoms with van der Waals surface area (Å²) in [6.45, 7) is 11.7. The van der Waals surface area contributed by atoms with Crippen LogP contribution >= 0.6 is 0 Å². The van der Waals surface area contributed by atoms with Gasteiger partial charge >= 0.3 is 0 Å². The predicted molar refractivity (Wildman–Crippen MR) is 140 cm³/mol. The molecule has 0 aliphatic rings. The number of hydrogen-bond donors (Lipinski definition) is 4. The Morgan fingerprint density at radius 1 is 1.00 bits per heavy atom. The first-order chi connectivity index (χ1) is 16.0. The summed E-state index contributed by atoms with van der Waals surface area (Å²) in [4.78, 5) is 2.40. The summed E-state index contributed by atoms with van der Waals surface area (Å²) in [5.41, 5.74) is 3.49. The largest absolute Gasteiger partial charge is 0.464 e. The maximum atomic E-state index is 8.75. The molecular formula is C27H44N2O4. The Balaban J connectivity index is 0.000000647. The molecule has 0 bridgehead atoms. The van der Waals surface area contributed by atoms with E-state index in [-0.39, 0.29) is 6.73 Å². The molecule has 0 fully saturated rings. The minimum Gasteiger partial charge on any atom is -0.464 e. The Morgan fingerprint density at radius 3 is 2.18 bits per heavy atom. The first-order valence-electron chi connectivity index (χ1n) is 11.6. The van der Waals surface area contributed by atoms with E-state index < -0.39 is 0 Å². The predicted octanol–water partition coefficient (Wildman–Crippen LogP) is 4.82. The number of aryl methyl sites for hydroxylation is 1. The number of nitrogens with zero attached hydrogens (tertiary/aromatic N) is 1. The molecular weight excluding hydrogens is 416 g/mol. The second-order valence-electron chi connectivity index (χ2n) is 7.87. The number of rotatable bonds is 9. The van der Waals surface area contributed by atoms with Crippen LogP contribution in [-0.4, -0.2) is 55.4 Å². The van der Waals surface area contributed by atoms with Gasteiger partial charge in [0, 0.05) is 37.9 Å². The van der Waals surface area contributed by atoms with Gasteiger partial charge in [-0.1, -0.05) is 56.7 Å². The monoisotopic (exact) mass is 460 g/mol. The number of benzene rings is 2. The van der Waals surface area contributed by atoms with Gasteiger partial charge in [0.15, 0.2) is 0 Å². The summed E-state index contributed by atoms with van der Waals surface area (Å²) >= 11 is 0. The van der Waals surface area contributed by atoms with Gasteiger partial charge in [-0.25, -0.2) is 0 Å². The van der Waals surface area contributed by atoms with Crippen LogP contribution in [0.3, 0.4) is 0 Å². The number of furan rings is 1. The van der Waals surface area contributed by atoms with Crippen molar-refractivity contribution < 1.29 is 19.7 Å². The lowest BCUT2D eigenvalue weighted by molar-refractivity contribution is 0.260. The second kappa shape index (κ2) is 20.2. The van der Waals surface area contributed by atoms with E-state index in [1.807, 2.05) is 37.3 Å². The molecule has 33 heavy (non-hydrogen) atoms. The topological polar surface area (TPSA) is 89.1 Å². The van der Waals surface area contributed by atoms with Gasteiger partial charge in [0.05, 0.1) is 13.0 Å². The van der Waals surface area contributed by atoms with Crippen LogP contribution in [0, 0.1) is 12.8 Å². The summed E-state index contributed by atoms with van der Waals surface area (Å²) < 4.78 is 5.39. The SMILES string of the molecule is CC(C)CN(CCCNCO)c1ccc2occc2c1.CCCO.CO.Cc1ccccc1. The third-order valence-electron chi connectivity index (χ3n) is 4.44. The molecule has 1 heterocycles. The Labute approximate surface area is 199 Å². The lowest BCUT2D eigenvalue weighted by Crippen LogP contribution is -2.30. The van der Waals surface area contributed by atoms with E-state index in [0.717, 1.165) is 50.6 Å². The molecule has 0 saturated heterocycles. The van der Waals surface area contributed by atoms with E-state index in [4.69, 9.17) is 19.7 Å². The van der Waals surface area contributed by atoms with Crippen molar-refractivity contribution in [3.8, 4) is 0 Å². The number of fused-ring (bicyclic) bond motifs is 1. The molecule has 4 N–H and O–H groups in total. The molecule has 0 saturated carbocycles. The molecule has 3 aromatic rings. The third kappa shape index (κ3) is 14.4. The van der Waals surface area contributed by atoms with Gasteiger partial charge in [0.25, 0.3) is 0 Å². The average Bonchev–Trinajstić information content (AvgIpc) is 3.31. The molecule has 0 amide bonds. The Morgan fingerprint density at radius 2 is 1.67 bits per heavy atom. The van der Waals surface area contributed by atoms with Crippen LogP contribution in [0.1, 0.15) is 39.2 Å². The normalized spacial score (nSPS) is 9.85. The second-order valence-corrected chi connectivity index (χ2v) is 7.87. The lowest BCUT2D eigenvalue weighted by atomic mass is 10.1. The molecule has 3 rings (SSSR count). The standard InChI is InChI=1S/C16H24N2O2.C7H8.C3H8O.CH4O/c1-13(2)11-18(8-3-7-17-12-19)15-4-5-16-14(10-15)6-9-20-16;1-7-5-3-2-4-6-7;1-2-3-4;1-2/h4-6,9-10,13,17,19H,3,7-8,11-12H2,1-2H3;2-6H,1H3;4H,2-3H2,1H3;2H,1H3. The van der Waals surface area contributed by atoms with Crippen LogP contribution in [0.15, 0.2) is 65.3 Å². The van der Waals surface area contributed by atoms with Gasteiger partial charge < -0.3 is 24.6 Å². The number of hydrogen-bond acceptors (Lipinski definition) is 6. The van der Waals surface area contributed by atoms with Crippen molar-refractivity contribution in [3.05, 3.63) is 66.4 Å². The minimum atomic E-state index is 0.0468. The van der Waals surface area contributed by atoms with Crippen molar-refractivity contribution in [2.45, 2.75) is 40.5 Å². The van der Waals surface area contributed by atoms with Gasteiger partial charge in [0.1, 0.15) is 5.58 Å². The van der Waals surface area contributed by atoms with Crippen molar-refractivity contribution in [1.29, 1.82) is 0 Å². The van der Waals surface area contributed by atoms with E-state index >= 15 is 0 Å². The zero-order valence-electron chi connectivity index (χ0n) is 21.0. The minimum absolute atomic E-state index is 0.0468. The number of anilines is 1. The third-order valence-corrected chi connectivity index (χ3v) is 4.44. The van der Waals surface area contributed by atoms with Crippen molar-refractivity contribution in [3.63, 3.8) is 0 Å². The summed E-state index contributed by atoms with van der Waals surface area (Å²) in [6, 6.07) is 18.6. The molecule has 6 heteroatoms. The van der Waals surface area contributed by atoms with E-state index in [0.29, 0.717) is 12.5 Å². The highest BCUT2D eigenvalue weighted by Gasteiger charge is 2.09. The molecule has 0 aliphatic heterocycles. The molecule has 1 aromatic heterocycles. The number of aliphatic hydroxyl groups is 3. The smallest absolute Gasteiger partial charge is 0.133 e. The van der Waals surface area contributed by atoms with E-state index in [1.54, 1.807) is 6.26 Å². The molecule has 6 nitrogen and oxygen atoms in total. The molecule has 2 aromatic carbocycles. The van der Waals surface area contributed by atoms with Gasteiger partial charge in [-0.3, -0.25) is 5.32 Å². The van der Waals surface area contributed by atoms with Gasteiger partial charge in [-0.2, -0.15) is 0 Å². The zero-order valence-corrected chi connectivity index (χ0v) is 21.0. The highest BCUT2D eigenvalue weighted by atomic mass is 16.3. The summed E-state index contributed by atoms with van der Waals surface area (Å²) in [7, 11) is 1.00.